The van der Waals surface area contributed by atoms with Crippen molar-refractivity contribution in [2.45, 2.75) is 6.42 Å². The first-order valence-electron chi connectivity index (χ1n) is 5.07. The quantitative estimate of drug-likeness (QED) is 0.790. The Bertz CT molecular complexity index is 585. The third-order valence-electron chi connectivity index (χ3n) is 2.27. The first kappa shape index (κ1) is 13.5. The molecule has 0 saturated heterocycles. The fraction of sp³-hybridized carbons (Fsp3) is 0.167. The molecular weight excluding hydrogens is 338 g/mol. The van der Waals surface area contributed by atoms with Crippen LogP contribution in [0.3, 0.4) is 0 Å². The van der Waals surface area contributed by atoms with E-state index in [0.29, 0.717) is 10.7 Å². The fourth-order valence-corrected chi connectivity index (χ4v) is 3.26. The number of ether oxygens (including phenoxy) is 1. The Morgan fingerprint density at radius 1 is 1.56 bits per heavy atom. The van der Waals surface area contributed by atoms with Crippen LogP contribution in [-0.2, 0) is 16.0 Å². The van der Waals surface area contributed by atoms with Gasteiger partial charge in [0, 0.05) is 20.4 Å². The molecule has 1 heterocycles. The molecule has 2 aromatic rings. The van der Waals surface area contributed by atoms with Gasteiger partial charge in [-0.1, -0.05) is 27.5 Å². The second-order valence-electron chi connectivity index (χ2n) is 3.52. The summed E-state index contributed by atoms with van der Waals surface area (Å²) in [5, 5.41) is 3.36. The number of methoxy groups -OCH3 is 1. The van der Waals surface area contributed by atoms with Crippen molar-refractivity contribution in [1.29, 1.82) is 0 Å². The molecule has 0 N–H and O–H groups in total. The highest BCUT2D eigenvalue weighted by molar-refractivity contribution is 9.10. The van der Waals surface area contributed by atoms with E-state index in [1.165, 1.54) is 18.4 Å². The zero-order valence-electron chi connectivity index (χ0n) is 9.44. The van der Waals surface area contributed by atoms with Crippen molar-refractivity contribution in [1.82, 2.24) is 4.98 Å². The van der Waals surface area contributed by atoms with Gasteiger partial charge < -0.3 is 4.74 Å². The molecule has 94 valence electrons. The number of carbonyl (C=O) groups excluding carboxylic acids is 1. The predicted octanol–water partition coefficient (Wildman–Crippen LogP) is 3.94. The van der Waals surface area contributed by atoms with Crippen LogP contribution in [0.25, 0.3) is 10.6 Å². The van der Waals surface area contributed by atoms with E-state index < -0.39 is 0 Å². The van der Waals surface area contributed by atoms with E-state index in [9.17, 15) is 4.79 Å². The average molecular weight is 347 g/mol. The molecule has 0 aliphatic rings. The highest BCUT2D eigenvalue weighted by Gasteiger charge is 2.11. The van der Waals surface area contributed by atoms with Crippen molar-refractivity contribution in [3.05, 3.63) is 38.8 Å². The lowest BCUT2D eigenvalue weighted by Crippen LogP contribution is -2.04. The molecule has 0 aliphatic heterocycles. The Kier molecular flexibility index (Phi) is 4.37. The van der Waals surface area contributed by atoms with Crippen LogP contribution in [0, 0.1) is 0 Å². The number of hydrogen-bond donors (Lipinski definition) is 0. The zero-order valence-corrected chi connectivity index (χ0v) is 12.6. The summed E-state index contributed by atoms with van der Waals surface area (Å²) in [6, 6.07) is 5.52. The minimum absolute atomic E-state index is 0.193. The lowest BCUT2D eigenvalue weighted by molar-refractivity contribution is -0.139. The lowest BCUT2D eigenvalue weighted by Gasteiger charge is -2.00. The second-order valence-corrected chi connectivity index (χ2v) is 5.67. The molecular formula is C12H9BrClNO2S. The van der Waals surface area contributed by atoms with Crippen molar-refractivity contribution in [2.75, 3.05) is 7.11 Å². The highest BCUT2D eigenvalue weighted by Crippen LogP contribution is 2.32. The summed E-state index contributed by atoms with van der Waals surface area (Å²) in [6.07, 6.45) is 0.193. The number of thiazole rings is 1. The van der Waals surface area contributed by atoms with E-state index >= 15 is 0 Å². The molecule has 0 fully saturated rings. The summed E-state index contributed by atoms with van der Waals surface area (Å²) in [5.41, 5.74) is 1.67. The topological polar surface area (TPSA) is 39.2 Å². The molecule has 0 aliphatic carbocycles. The van der Waals surface area contributed by atoms with Crippen LogP contribution in [-0.4, -0.2) is 18.1 Å². The fourth-order valence-electron chi connectivity index (χ4n) is 1.39. The van der Waals surface area contributed by atoms with Gasteiger partial charge >= 0.3 is 5.97 Å². The first-order chi connectivity index (χ1) is 8.60. The lowest BCUT2D eigenvalue weighted by atomic mass is 10.2. The van der Waals surface area contributed by atoms with Gasteiger partial charge in [-0.2, -0.15) is 0 Å². The Hall–Kier alpha value is -0.910. The van der Waals surface area contributed by atoms with Crippen molar-refractivity contribution < 1.29 is 9.53 Å². The van der Waals surface area contributed by atoms with E-state index in [-0.39, 0.29) is 12.4 Å². The normalized spacial score (nSPS) is 10.4. The number of aromatic nitrogens is 1. The number of benzene rings is 1. The molecule has 18 heavy (non-hydrogen) atoms. The maximum Gasteiger partial charge on any atom is 0.311 e. The molecule has 0 radical (unpaired) electrons. The monoisotopic (exact) mass is 345 g/mol. The summed E-state index contributed by atoms with van der Waals surface area (Å²) in [7, 11) is 1.37. The predicted molar refractivity (Wildman–Crippen MR) is 76.0 cm³/mol. The Balaban J connectivity index is 2.26. The highest BCUT2D eigenvalue weighted by atomic mass is 79.9. The van der Waals surface area contributed by atoms with Crippen molar-refractivity contribution in [2.24, 2.45) is 0 Å². The number of rotatable bonds is 3. The first-order valence-corrected chi connectivity index (χ1v) is 7.12. The Morgan fingerprint density at radius 2 is 2.33 bits per heavy atom. The smallest absolute Gasteiger partial charge is 0.311 e. The van der Waals surface area contributed by atoms with Gasteiger partial charge in [0.2, 0.25) is 0 Å². The van der Waals surface area contributed by atoms with Gasteiger partial charge in [-0.3, -0.25) is 4.79 Å². The van der Waals surface area contributed by atoms with E-state index in [4.69, 9.17) is 11.6 Å². The molecule has 0 bridgehead atoms. The van der Waals surface area contributed by atoms with Gasteiger partial charge in [-0.25, -0.2) is 4.98 Å². The Morgan fingerprint density at radius 3 is 3.00 bits per heavy atom. The Labute approximate surface area is 122 Å². The number of nitrogens with zero attached hydrogens (tertiary/aromatic N) is 1. The zero-order chi connectivity index (χ0) is 13.1. The van der Waals surface area contributed by atoms with Crippen LogP contribution in [0.2, 0.25) is 5.02 Å². The molecule has 3 nitrogen and oxygen atoms in total. The SMILES string of the molecule is COC(=O)Cc1csc(-c2ccc(Cl)cc2Br)n1. The molecule has 0 spiro atoms. The average Bonchev–Trinajstić information content (AvgIpc) is 2.77. The number of hydrogen-bond acceptors (Lipinski definition) is 4. The molecule has 1 aromatic carbocycles. The van der Waals surface area contributed by atoms with Gasteiger partial charge in [0.25, 0.3) is 0 Å². The van der Waals surface area contributed by atoms with E-state index in [2.05, 4.69) is 25.7 Å². The summed E-state index contributed by atoms with van der Waals surface area (Å²) in [4.78, 5) is 15.6. The third kappa shape index (κ3) is 3.10. The van der Waals surface area contributed by atoms with Gasteiger partial charge in [-0.15, -0.1) is 11.3 Å². The van der Waals surface area contributed by atoms with Gasteiger partial charge in [0.1, 0.15) is 5.01 Å². The van der Waals surface area contributed by atoms with Crippen LogP contribution in [0.15, 0.2) is 28.1 Å². The van der Waals surface area contributed by atoms with Crippen LogP contribution < -0.4 is 0 Å². The van der Waals surface area contributed by atoms with E-state index in [0.717, 1.165) is 15.0 Å². The molecule has 6 heteroatoms. The van der Waals surface area contributed by atoms with Crippen molar-refractivity contribution >= 4 is 44.8 Å². The van der Waals surface area contributed by atoms with E-state index in [1.54, 1.807) is 0 Å². The van der Waals surface area contributed by atoms with Crippen molar-refractivity contribution in [3.63, 3.8) is 0 Å². The summed E-state index contributed by atoms with van der Waals surface area (Å²) in [6.45, 7) is 0. The standard InChI is InChI=1S/C12H9BrClNO2S/c1-17-11(16)5-8-6-18-12(15-8)9-3-2-7(14)4-10(9)13/h2-4,6H,5H2,1H3. The van der Waals surface area contributed by atoms with Crippen LogP contribution in [0.5, 0.6) is 0 Å². The minimum atomic E-state index is -0.290. The second kappa shape index (κ2) is 5.82. The molecule has 0 saturated carbocycles. The largest absolute Gasteiger partial charge is 0.469 e. The van der Waals surface area contributed by atoms with Gasteiger partial charge in [0.15, 0.2) is 0 Å². The van der Waals surface area contributed by atoms with Crippen LogP contribution >= 0.6 is 38.9 Å². The van der Waals surface area contributed by atoms with Crippen molar-refractivity contribution in [3.8, 4) is 10.6 Å². The molecule has 0 unspecified atom stereocenters. The number of carbonyl (C=O) groups is 1. The maximum absolute atomic E-state index is 11.2. The minimum Gasteiger partial charge on any atom is -0.469 e. The summed E-state index contributed by atoms with van der Waals surface area (Å²) >= 11 is 10.8. The third-order valence-corrected chi connectivity index (χ3v) is 4.08. The van der Waals surface area contributed by atoms with Crippen LogP contribution in [0.4, 0.5) is 0 Å². The van der Waals surface area contributed by atoms with Gasteiger partial charge in [-0.05, 0) is 18.2 Å². The summed E-state index contributed by atoms with van der Waals surface area (Å²) in [5.74, 6) is -0.290. The molecule has 0 atom stereocenters. The number of esters is 1. The molecule has 0 amide bonds. The summed E-state index contributed by atoms with van der Waals surface area (Å²) < 4.78 is 5.49. The van der Waals surface area contributed by atoms with E-state index in [1.807, 2.05) is 23.6 Å². The molecule has 1 aromatic heterocycles. The maximum atomic E-state index is 11.2. The number of halogens is 2. The van der Waals surface area contributed by atoms with Crippen LogP contribution in [0.1, 0.15) is 5.69 Å². The van der Waals surface area contributed by atoms with Gasteiger partial charge in [0.05, 0.1) is 19.2 Å². The molecule has 2 rings (SSSR count).